The summed E-state index contributed by atoms with van der Waals surface area (Å²) in [6.07, 6.45) is 0. The molecule has 3 rings (SSSR count). The number of sulfone groups is 1. The standard InChI is InChI=1S/C19H20ClNO4S/c1-3-25-18(22)19(21)16(13-6-8-14(20)9-7-13)17(19)26(23,24)15-10-4-12(2)5-11-15/h4-11,16-17H,3,21H2,1-2H3/t16-,17-,19-/m0/s1. The molecule has 2 aromatic carbocycles. The first-order valence-electron chi connectivity index (χ1n) is 8.25. The molecular formula is C19H20ClNO4S. The third-order valence-electron chi connectivity index (χ3n) is 4.72. The molecule has 1 aliphatic carbocycles. The van der Waals surface area contributed by atoms with E-state index in [9.17, 15) is 13.2 Å². The Labute approximate surface area is 158 Å². The Bertz CT molecular complexity index is 925. The van der Waals surface area contributed by atoms with Gasteiger partial charge in [-0.2, -0.15) is 0 Å². The maximum absolute atomic E-state index is 13.2. The summed E-state index contributed by atoms with van der Waals surface area (Å²) in [6.45, 7) is 3.66. The van der Waals surface area contributed by atoms with Crippen LogP contribution in [-0.2, 0) is 19.4 Å². The zero-order valence-electron chi connectivity index (χ0n) is 14.5. The minimum Gasteiger partial charge on any atom is -0.465 e. The van der Waals surface area contributed by atoms with Crippen LogP contribution in [0.1, 0.15) is 24.0 Å². The van der Waals surface area contributed by atoms with Gasteiger partial charge in [0.25, 0.3) is 0 Å². The van der Waals surface area contributed by atoms with E-state index in [0.29, 0.717) is 10.6 Å². The molecule has 0 spiro atoms. The lowest BCUT2D eigenvalue weighted by Crippen LogP contribution is -2.41. The Morgan fingerprint density at radius 3 is 2.27 bits per heavy atom. The van der Waals surface area contributed by atoms with Crippen molar-refractivity contribution in [2.45, 2.75) is 35.4 Å². The van der Waals surface area contributed by atoms with Crippen LogP contribution in [0.25, 0.3) is 0 Å². The molecule has 0 aromatic heterocycles. The first-order valence-corrected chi connectivity index (χ1v) is 10.2. The average Bonchev–Trinajstić information content (AvgIpc) is 3.25. The molecule has 5 nitrogen and oxygen atoms in total. The molecule has 1 fully saturated rings. The number of halogens is 1. The van der Waals surface area contributed by atoms with E-state index in [0.717, 1.165) is 5.56 Å². The van der Waals surface area contributed by atoms with E-state index >= 15 is 0 Å². The van der Waals surface area contributed by atoms with Gasteiger partial charge in [-0.15, -0.1) is 0 Å². The quantitative estimate of drug-likeness (QED) is 0.789. The predicted octanol–water partition coefficient (Wildman–Crippen LogP) is 2.85. The Morgan fingerprint density at radius 2 is 1.73 bits per heavy atom. The van der Waals surface area contributed by atoms with Crippen molar-refractivity contribution in [1.82, 2.24) is 0 Å². The molecule has 3 atom stereocenters. The summed E-state index contributed by atoms with van der Waals surface area (Å²) in [6, 6.07) is 13.2. The number of rotatable bonds is 5. The van der Waals surface area contributed by atoms with Gasteiger partial charge in [-0.05, 0) is 43.7 Å². The van der Waals surface area contributed by atoms with E-state index < -0.39 is 32.5 Å². The van der Waals surface area contributed by atoms with Crippen molar-refractivity contribution >= 4 is 27.4 Å². The van der Waals surface area contributed by atoms with Gasteiger partial charge in [-0.3, -0.25) is 0 Å². The smallest absolute Gasteiger partial charge is 0.328 e. The van der Waals surface area contributed by atoms with Crippen molar-refractivity contribution in [2.24, 2.45) is 5.73 Å². The molecule has 0 unspecified atom stereocenters. The fourth-order valence-corrected chi connectivity index (χ4v) is 5.66. The summed E-state index contributed by atoms with van der Waals surface area (Å²) in [5.74, 6) is -1.40. The van der Waals surface area contributed by atoms with Crippen LogP contribution >= 0.6 is 11.6 Å². The van der Waals surface area contributed by atoms with Gasteiger partial charge in [0.15, 0.2) is 9.84 Å². The van der Waals surface area contributed by atoms with Crippen LogP contribution in [0.5, 0.6) is 0 Å². The second kappa shape index (κ2) is 6.68. The van der Waals surface area contributed by atoms with Crippen LogP contribution in [-0.4, -0.2) is 31.8 Å². The van der Waals surface area contributed by atoms with E-state index in [1.165, 1.54) is 12.1 Å². The predicted molar refractivity (Wildman–Crippen MR) is 99.9 cm³/mol. The summed E-state index contributed by atoms with van der Waals surface area (Å²) >= 11 is 5.92. The van der Waals surface area contributed by atoms with Crippen molar-refractivity contribution in [1.29, 1.82) is 0 Å². The fourth-order valence-electron chi connectivity index (χ4n) is 3.30. The Morgan fingerprint density at radius 1 is 1.15 bits per heavy atom. The maximum atomic E-state index is 13.2. The van der Waals surface area contributed by atoms with Crippen LogP contribution < -0.4 is 5.73 Å². The van der Waals surface area contributed by atoms with Gasteiger partial charge in [0, 0.05) is 10.9 Å². The SMILES string of the molecule is CCOC(=O)[C@]1(N)[C@@H](c2ccc(Cl)cc2)[C@@H]1S(=O)(=O)c1ccc(C)cc1. The van der Waals surface area contributed by atoms with Crippen LogP contribution in [0.2, 0.25) is 5.02 Å². The Hall–Kier alpha value is -1.89. The number of carbonyl (C=O) groups is 1. The van der Waals surface area contributed by atoms with E-state index in [4.69, 9.17) is 22.1 Å². The van der Waals surface area contributed by atoms with Crippen molar-refractivity contribution in [3.63, 3.8) is 0 Å². The molecule has 0 aliphatic heterocycles. The van der Waals surface area contributed by atoms with Crippen LogP contribution in [0, 0.1) is 6.92 Å². The van der Waals surface area contributed by atoms with Crippen molar-refractivity contribution < 1.29 is 17.9 Å². The molecule has 2 aromatic rings. The number of nitrogens with two attached hydrogens (primary N) is 1. The highest BCUT2D eigenvalue weighted by atomic mass is 35.5. The van der Waals surface area contributed by atoms with Gasteiger partial charge >= 0.3 is 5.97 Å². The second-order valence-corrected chi connectivity index (χ2v) is 8.97. The third kappa shape index (κ3) is 3.02. The van der Waals surface area contributed by atoms with Gasteiger partial charge < -0.3 is 10.5 Å². The summed E-state index contributed by atoms with van der Waals surface area (Å²) in [5, 5.41) is -0.566. The minimum absolute atomic E-state index is 0.127. The highest BCUT2D eigenvalue weighted by molar-refractivity contribution is 7.92. The molecule has 26 heavy (non-hydrogen) atoms. The van der Waals surface area contributed by atoms with Crippen molar-refractivity contribution in [2.75, 3.05) is 6.61 Å². The molecule has 0 amide bonds. The first kappa shape index (κ1) is 18.9. The van der Waals surface area contributed by atoms with Gasteiger partial charge in [-0.25, -0.2) is 13.2 Å². The van der Waals surface area contributed by atoms with E-state index in [-0.39, 0.29) is 11.5 Å². The molecular weight excluding hydrogens is 374 g/mol. The highest BCUT2D eigenvalue weighted by Gasteiger charge is 2.74. The lowest BCUT2D eigenvalue weighted by molar-refractivity contribution is -0.145. The molecule has 0 heterocycles. The monoisotopic (exact) mass is 393 g/mol. The summed E-state index contributed by atoms with van der Waals surface area (Å²) in [4.78, 5) is 12.6. The number of aryl methyl sites for hydroxylation is 1. The van der Waals surface area contributed by atoms with E-state index in [1.54, 1.807) is 43.3 Å². The second-order valence-electron chi connectivity index (χ2n) is 6.46. The first-order chi connectivity index (χ1) is 12.2. The van der Waals surface area contributed by atoms with E-state index in [2.05, 4.69) is 0 Å². The number of hydrogen-bond acceptors (Lipinski definition) is 5. The molecule has 0 saturated heterocycles. The van der Waals surface area contributed by atoms with Gasteiger partial charge in [0.1, 0.15) is 10.8 Å². The van der Waals surface area contributed by atoms with Gasteiger partial charge in [0.05, 0.1) is 11.5 Å². The van der Waals surface area contributed by atoms with Crippen LogP contribution in [0.15, 0.2) is 53.4 Å². The number of esters is 1. The van der Waals surface area contributed by atoms with Crippen LogP contribution in [0.4, 0.5) is 0 Å². The Balaban J connectivity index is 2.06. The molecule has 0 radical (unpaired) electrons. The van der Waals surface area contributed by atoms with E-state index in [1.807, 2.05) is 6.92 Å². The fraction of sp³-hybridized carbons (Fsp3) is 0.316. The zero-order chi connectivity index (χ0) is 19.1. The van der Waals surface area contributed by atoms with Crippen molar-refractivity contribution in [3.05, 3.63) is 64.7 Å². The molecule has 1 saturated carbocycles. The number of carbonyl (C=O) groups excluding carboxylic acids is 1. The zero-order valence-corrected chi connectivity index (χ0v) is 16.0. The number of hydrogen-bond donors (Lipinski definition) is 1. The third-order valence-corrected chi connectivity index (χ3v) is 7.23. The number of benzene rings is 2. The highest BCUT2D eigenvalue weighted by Crippen LogP contribution is 2.56. The number of ether oxygens (including phenoxy) is 1. The van der Waals surface area contributed by atoms with Crippen molar-refractivity contribution in [3.8, 4) is 0 Å². The lowest BCUT2D eigenvalue weighted by Gasteiger charge is -2.11. The largest absolute Gasteiger partial charge is 0.465 e. The molecule has 1 aliphatic rings. The summed E-state index contributed by atoms with van der Waals surface area (Å²) < 4.78 is 31.4. The maximum Gasteiger partial charge on any atom is 0.328 e. The van der Waals surface area contributed by atoms with Gasteiger partial charge in [0.2, 0.25) is 0 Å². The lowest BCUT2D eigenvalue weighted by atomic mass is 10.1. The topological polar surface area (TPSA) is 86.5 Å². The summed E-state index contributed by atoms with van der Waals surface area (Å²) in [7, 11) is -3.82. The summed E-state index contributed by atoms with van der Waals surface area (Å²) in [5.41, 5.74) is 6.27. The molecule has 7 heteroatoms. The average molecular weight is 394 g/mol. The van der Waals surface area contributed by atoms with Crippen LogP contribution in [0.3, 0.4) is 0 Å². The minimum atomic E-state index is -3.82. The normalized spacial score (nSPS) is 24.9. The molecule has 0 bridgehead atoms. The Kier molecular flexibility index (Phi) is 4.86. The molecule has 2 N–H and O–H groups in total. The molecule has 138 valence electrons. The van der Waals surface area contributed by atoms with Gasteiger partial charge in [-0.1, -0.05) is 41.4 Å².